The van der Waals surface area contributed by atoms with E-state index in [1.807, 2.05) is 18.7 Å². The van der Waals surface area contributed by atoms with E-state index in [1.54, 1.807) is 13.0 Å². The number of benzene rings is 1. The Labute approximate surface area is 153 Å². The molecule has 0 radical (unpaired) electrons. The van der Waals surface area contributed by atoms with Crippen molar-refractivity contribution in [3.05, 3.63) is 39.4 Å². The fraction of sp³-hybridized carbons (Fsp3) is 0.579. The van der Waals surface area contributed by atoms with Gasteiger partial charge < -0.3 is 10.2 Å². The van der Waals surface area contributed by atoms with Gasteiger partial charge in [0.15, 0.2) is 0 Å². The van der Waals surface area contributed by atoms with E-state index in [4.69, 9.17) is 0 Å². The van der Waals surface area contributed by atoms with Gasteiger partial charge in [0.25, 0.3) is 11.6 Å². The number of nitrogens with zero attached hydrogens (tertiary/aromatic N) is 2. The maximum absolute atomic E-state index is 12.5. The molecule has 1 N–H and O–H groups in total. The summed E-state index contributed by atoms with van der Waals surface area (Å²) in [5, 5.41) is 14.0. The number of amides is 2. The molecule has 1 aromatic rings. The number of carbonyl (C=O) groups is 2. The summed E-state index contributed by atoms with van der Waals surface area (Å²) in [5.74, 6) is -0.0149. The van der Waals surface area contributed by atoms with Crippen molar-refractivity contribution in [3.8, 4) is 0 Å². The molecule has 1 heterocycles. The summed E-state index contributed by atoms with van der Waals surface area (Å²) in [6.07, 6.45) is 3.09. The molecule has 0 aliphatic carbocycles. The van der Waals surface area contributed by atoms with Gasteiger partial charge in [0, 0.05) is 42.2 Å². The van der Waals surface area contributed by atoms with Gasteiger partial charge in [-0.15, -0.1) is 0 Å². The highest BCUT2D eigenvalue weighted by Gasteiger charge is 2.28. The van der Waals surface area contributed by atoms with Crippen LogP contribution >= 0.6 is 0 Å². The zero-order valence-electron chi connectivity index (χ0n) is 15.7. The van der Waals surface area contributed by atoms with Crippen LogP contribution < -0.4 is 5.32 Å². The molecular formula is C19H27N3O4. The number of likely N-dealkylation sites (tertiary alicyclic amines) is 1. The fourth-order valence-electron chi connectivity index (χ4n) is 3.47. The SMILES string of the molecule is CCC(CC)C(=O)N1CCC(NC(=O)c2cccc([N+](=O)[O-])c2C)CC1. The van der Waals surface area contributed by atoms with Crippen LogP contribution in [0.5, 0.6) is 0 Å². The van der Waals surface area contributed by atoms with Crippen molar-refractivity contribution in [2.75, 3.05) is 13.1 Å². The van der Waals surface area contributed by atoms with Gasteiger partial charge in [-0.2, -0.15) is 0 Å². The zero-order chi connectivity index (χ0) is 19.3. The number of nitrogens with one attached hydrogen (secondary N) is 1. The minimum absolute atomic E-state index is 0.0214. The molecule has 1 aliphatic rings. The first-order valence-electron chi connectivity index (χ1n) is 9.22. The molecule has 0 spiro atoms. The molecular weight excluding hydrogens is 334 g/mol. The van der Waals surface area contributed by atoms with Crippen LogP contribution in [0.3, 0.4) is 0 Å². The third-order valence-electron chi connectivity index (χ3n) is 5.22. The quantitative estimate of drug-likeness (QED) is 0.622. The molecule has 7 nitrogen and oxygen atoms in total. The first-order chi connectivity index (χ1) is 12.4. The van der Waals surface area contributed by atoms with E-state index < -0.39 is 4.92 Å². The minimum Gasteiger partial charge on any atom is -0.349 e. The molecule has 142 valence electrons. The molecule has 2 amide bonds. The highest BCUT2D eigenvalue weighted by atomic mass is 16.6. The second kappa shape index (κ2) is 8.78. The maximum Gasteiger partial charge on any atom is 0.273 e. The fourth-order valence-corrected chi connectivity index (χ4v) is 3.47. The summed E-state index contributed by atoms with van der Waals surface area (Å²) in [4.78, 5) is 37.4. The summed E-state index contributed by atoms with van der Waals surface area (Å²) >= 11 is 0. The largest absolute Gasteiger partial charge is 0.349 e. The molecule has 1 aliphatic heterocycles. The highest BCUT2D eigenvalue weighted by Crippen LogP contribution is 2.22. The summed E-state index contributed by atoms with van der Waals surface area (Å²) < 4.78 is 0. The Morgan fingerprint density at radius 3 is 2.42 bits per heavy atom. The Morgan fingerprint density at radius 2 is 1.88 bits per heavy atom. The van der Waals surface area contributed by atoms with Gasteiger partial charge >= 0.3 is 0 Å². The van der Waals surface area contributed by atoms with Crippen LogP contribution in [0.1, 0.15) is 55.5 Å². The van der Waals surface area contributed by atoms with E-state index in [0.29, 0.717) is 37.1 Å². The van der Waals surface area contributed by atoms with Crippen LogP contribution in [-0.4, -0.2) is 40.8 Å². The Morgan fingerprint density at radius 1 is 1.27 bits per heavy atom. The van der Waals surface area contributed by atoms with Gasteiger partial charge in [0.05, 0.1) is 4.92 Å². The number of piperidine rings is 1. The summed E-state index contributed by atoms with van der Waals surface area (Å²) in [7, 11) is 0. The van der Waals surface area contributed by atoms with Gasteiger partial charge in [-0.1, -0.05) is 19.9 Å². The van der Waals surface area contributed by atoms with Crippen LogP contribution in [0.25, 0.3) is 0 Å². The molecule has 0 atom stereocenters. The number of nitro benzene ring substituents is 1. The van der Waals surface area contributed by atoms with E-state index in [-0.39, 0.29) is 29.5 Å². The number of nitro groups is 1. The molecule has 1 saturated heterocycles. The van der Waals surface area contributed by atoms with Crippen molar-refractivity contribution in [2.24, 2.45) is 5.92 Å². The summed E-state index contributed by atoms with van der Waals surface area (Å²) in [6, 6.07) is 4.50. The van der Waals surface area contributed by atoms with Crippen LogP contribution in [0.2, 0.25) is 0 Å². The van der Waals surface area contributed by atoms with E-state index in [1.165, 1.54) is 12.1 Å². The van der Waals surface area contributed by atoms with Crippen LogP contribution in [0.4, 0.5) is 5.69 Å². The predicted molar refractivity (Wildman–Crippen MR) is 99.0 cm³/mol. The van der Waals surface area contributed by atoms with Gasteiger partial charge in [0.1, 0.15) is 0 Å². The molecule has 0 saturated carbocycles. The predicted octanol–water partition coefficient (Wildman–Crippen LogP) is 3.06. The minimum atomic E-state index is -0.478. The lowest BCUT2D eigenvalue weighted by Gasteiger charge is -2.34. The normalized spacial score (nSPS) is 15.2. The molecule has 0 aromatic heterocycles. The lowest BCUT2D eigenvalue weighted by Crippen LogP contribution is -2.48. The van der Waals surface area contributed by atoms with E-state index >= 15 is 0 Å². The molecule has 1 aromatic carbocycles. The topological polar surface area (TPSA) is 92.6 Å². The first kappa shape index (κ1) is 19.9. The van der Waals surface area contributed by atoms with Gasteiger partial charge in [0.2, 0.25) is 5.91 Å². The number of carbonyl (C=O) groups excluding carboxylic acids is 2. The number of hydrogen-bond acceptors (Lipinski definition) is 4. The van der Waals surface area contributed by atoms with Crippen molar-refractivity contribution < 1.29 is 14.5 Å². The van der Waals surface area contributed by atoms with Crippen LogP contribution in [0, 0.1) is 23.0 Å². The number of rotatable bonds is 6. The van der Waals surface area contributed by atoms with E-state index in [0.717, 1.165) is 12.8 Å². The molecule has 7 heteroatoms. The van der Waals surface area contributed by atoms with Crippen LogP contribution in [-0.2, 0) is 4.79 Å². The Kier molecular flexibility index (Phi) is 6.71. The molecule has 0 bridgehead atoms. The third kappa shape index (κ3) is 4.39. The van der Waals surface area contributed by atoms with Gasteiger partial charge in [-0.05, 0) is 38.7 Å². The third-order valence-corrected chi connectivity index (χ3v) is 5.22. The average Bonchev–Trinajstić information content (AvgIpc) is 2.63. The summed E-state index contributed by atoms with van der Waals surface area (Å²) in [5.41, 5.74) is 0.648. The second-order valence-electron chi connectivity index (χ2n) is 6.79. The van der Waals surface area contributed by atoms with Crippen LogP contribution in [0.15, 0.2) is 18.2 Å². The average molecular weight is 361 g/mol. The van der Waals surface area contributed by atoms with Crippen molar-refractivity contribution in [1.82, 2.24) is 10.2 Å². The Bertz CT molecular complexity index is 677. The number of hydrogen-bond donors (Lipinski definition) is 1. The van der Waals surface area contributed by atoms with Gasteiger partial charge in [-0.3, -0.25) is 19.7 Å². The first-order valence-corrected chi connectivity index (χ1v) is 9.22. The second-order valence-corrected chi connectivity index (χ2v) is 6.79. The van der Waals surface area contributed by atoms with Gasteiger partial charge in [-0.25, -0.2) is 0 Å². The maximum atomic E-state index is 12.5. The smallest absolute Gasteiger partial charge is 0.273 e. The van der Waals surface area contributed by atoms with E-state index in [9.17, 15) is 19.7 Å². The molecule has 26 heavy (non-hydrogen) atoms. The highest BCUT2D eigenvalue weighted by molar-refractivity contribution is 5.96. The monoisotopic (exact) mass is 361 g/mol. The molecule has 0 unspecified atom stereocenters. The Hall–Kier alpha value is -2.44. The summed E-state index contributed by atoms with van der Waals surface area (Å²) in [6.45, 7) is 6.91. The van der Waals surface area contributed by atoms with Crippen molar-refractivity contribution in [3.63, 3.8) is 0 Å². The van der Waals surface area contributed by atoms with E-state index in [2.05, 4.69) is 5.32 Å². The van der Waals surface area contributed by atoms with Crippen molar-refractivity contribution in [1.29, 1.82) is 0 Å². The zero-order valence-corrected chi connectivity index (χ0v) is 15.7. The molecule has 2 rings (SSSR count). The van der Waals surface area contributed by atoms with Crippen molar-refractivity contribution in [2.45, 2.75) is 52.5 Å². The standard InChI is InChI=1S/C19H27N3O4/c1-4-14(5-2)19(24)21-11-9-15(10-12-21)20-18(23)16-7-6-8-17(13(16)3)22(25)26/h6-8,14-15H,4-5,9-12H2,1-3H3,(H,20,23). The molecule has 1 fully saturated rings. The van der Waals surface area contributed by atoms with Crippen molar-refractivity contribution >= 4 is 17.5 Å². The Balaban J connectivity index is 1.96. The lowest BCUT2D eigenvalue weighted by molar-refractivity contribution is -0.385. The lowest BCUT2D eigenvalue weighted by atomic mass is 9.98.